The molecule has 0 aliphatic carbocycles. The fourth-order valence-corrected chi connectivity index (χ4v) is 3.71. The smallest absolute Gasteiger partial charge is 0.197 e. The molecule has 2 heterocycles. The van der Waals surface area contributed by atoms with E-state index in [2.05, 4.69) is 15.0 Å². The Bertz CT molecular complexity index is 925. The van der Waals surface area contributed by atoms with E-state index in [0.717, 1.165) is 39.4 Å². The Hall–Kier alpha value is -2.06. The molecule has 1 N–H and O–H groups in total. The molecule has 8 heteroatoms. The maximum absolute atomic E-state index is 12.7. The van der Waals surface area contributed by atoms with Gasteiger partial charge in [0.25, 0.3) is 0 Å². The molecule has 1 atom stereocenters. The number of methoxy groups -OCH3 is 2. The minimum atomic E-state index is -1.33. The van der Waals surface area contributed by atoms with Gasteiger partial charge in [-0.25, -0.2) is 4.98 Å². The number of nitrogens with one attached hydrogen (secondary N) is 1. The number of rotatable bonds is 5. The fraction of sp³-hybridized carbons (Fsp3) is 0.294. The third kappa shape index (κ3) is 3.80. The van der Waals surface area contributed by atoms with Crippen molar-refractivity contribution in [2.45, 2.75) is 24.8 Å². The number of imidazole rings is 1. The van der Waals surface area contributed by atoms with Gasteiger partial charge in [-0.15, -0.1) is 0 Å². The van der Waals surface area contributed by atoms with Crippen LogP contribution in [0, 0.1) is 13.8 Å². The standard InChI is InChI=1S/C17H19N3O3S.H2S/c1-10-8-18-15(11(2)16(10)23-4)9-24(21)17-19-13-6-5-12(22-3)7-14(13)20-17;/h5-8H,9H2,1-4H3,(H,19,20);1H2. The molecule has 134 valence electrons. The van der Waals surface area contributed by atoms with Gasteiger partial charge in [-0.1, -0.05) is 0 Å². The van der Waals surface area contributed by atoms with Crippen molar-refractivity contribution in [2.75, 3.05) is 14.2 Å². The topological polar surface area (TPSA) is 77.1 Å². The van der Waals surface area contributed by atoms with Crippen LogP contribution in [0.5, 0.6) is 11.5 Å². The molecule has 6 nitrogen and oxygen atoms in total. The second kappa shape index (κ2) is 7.88. The number of aryl methyl sites for hydroxylation is 1. The van der Waals surface area contributed by atoms with Crippen LogP contribution in [-0.2, 0) is 16.6 Å². The summed E-state index contributed by atoms with van der Waals surface area (Å²) in [6, 6.07) is 5.50. The van der Waals surface area contributed by atoms with E-state index in [0.29, 0.717) is 5.16 Å². The molecule has 2 aromatic heterocycles. The van der Waals surface area contributed by atoms with E-state index in [-0.39, 0.29) is 19.2 Å². The molecule has 0 amide bonds. The van der Waals surface area contributed by atoms with E-state index >= 15 is 0 Å². The Morgan fingerprint density at radius 2 is 1.96 bits per heavy atom. The molecule has 0 saturated carbocycles. The van der Waals surface area contributed by atoms with Crippen molar-refractivity contribution < 1.29 is 13.7 Å². The monoisotopic (exact) mass is 379 g/mol. The van der Waals surface area contributed by atoms with Crippen LogP contribution in [0.3, 0.4) is 0 Å². The molecule has 25 heavy (non-hydrogen) atoms. The van der Waals surface area contributed by atoms with Crippen molar-refractivity contribution in [1.29, 1.82) is 0 Å². The number of hydrogen-bond acceptors (Lipinski definition) is 5. The molecule has 1 aromatic carbocycles. The number of nitrogens with zero attached hydrogens (tertiary/aromatic N) is 2. The second-order valence-corrected chi connectivity index (χ2v) is 6.83. The summed E-state index contributed by atoms with van der Waals surface area (Å²) in [6.07, 6.45) is 1.74. The van der Waals surface area contributed by atoms with Crippen molar-refractivity contribution in [3.05, 3.63) is 41.2 Å². The van der Waals surface area contributed by atoms with Gasteiger partial charge in [0.2, 0.25) is 0 Å². The number of H-pyrrole nitrogens is 1. The van der Waals surface area contributed by atoms with Crippen LogP contribution in [0.4, 0.5) is 0 Å². The molecule has 1 unspecified atom stereocenters. The first-order valence-corrected chi connectivity index (χ1v) is 8.76. The summed E-state index contributed by atoms with van der Waals surface area (Å²) in [6.45, 7) is 3.86. The van der Waals surface area contributed by atoms with Gasteiger partial charge in [-0.05, 0) is 26.0 Å². The summed E-state index contributed by atoms with van der Waals surface area (Å²) in [7, 11) is 1.91. The van der Waals surface area contributed by atoms with Gasteiger partial charge in [0.1, 0.15) is 11.5 Å². The third-order valence-electron chi connectivity index (χ3n) is 3.90. The molecule has 0 aliphatic heterocycles. The maximum atomic E-state index is 12.7. The Morgan fingerprint density at radius 3 is 2.64 bits per heavy atom. The van der Waals surface area contributed by atoms with Crippen molar-refractivity contribution in [2.24, 2.45) is 0 Å². The maximum Gasteiger partial charge on any atom is 0.197 e. The summed E-state index contributed by atoms with van der Waals surface area (Å²) in [5, 5.41) is 0.430. The minimum Gasteiger partial charge on any atom is -0.497 e. The molecule has 0 fully saturated rings. The van der Waals surface area contributed by atoms with Crippen LogP contribution in [0.2, 0.25) is 0 Å². The lowest BCUT2D eigenvalue weighted by molar-refractivity contribution is 0.407. The molecule has 0 radical (unpaired) electrons. The van der Waals surface area contributed by atoms with E-state index in [1.54, 1.807) is 20.4 Å². The van der Waals surface area contributed by atoms with Gasteiger partial charge in [-0.2, -0.15) is 13.5 Å². The lowest BCUT2D eigenvalue weighted by Gasteiger charge is -2.11. The number of aromatic nitrogens is 3. The Morgan fingerprint density at radius 1 is 1.20 bits per heavy atom. The van der Waals surface area contributed by atoms with Crippen LogP contribution >= 0.6 is 13.5 Å². The van der Waals surface area contributed by atoms with Crippen LogP contribution in [0.15, 0.2) is 29.6 Å². The van der Waals surface area contributed by atoms with Gasteiger partial charge in [-0.3, -0.25) is 9.19 Å². The van der Waals surface area contributed by atoms with Gasteiger partial charge < -0.3 is 14.5 Å². The second-order valence-electron chi connectivity index (χ2n) is 5.46. The van der Waals surface area contributed by atoms with Gasteiger partial charge in [0, 0.05) is 23.4 Å². The normalized spacial score (nSPS) is 11.8. The first-order valence-electron chi connectivity index (χ1n) is 7.44. The molecular formula is C17H21N3O3S2. The zero-order valence-electron chi connectivity index (χ0n) is 14.5. The van der Waals surface area contributed by atoms with E-state index in [1.807, 2.05) is 32.0 Å². The van der Waals surface area contributed by atoms with Crippen molar-refractivity contribution in [1.82, 2.24) is 15.0 Å². The quantitative estimate of drug-likeness (QED) is 0.737. The summed E-state index contributed by atoms with van der Waals surface area (Å²) >= 11 is 0. The average Bonchev–Trinajstić information content (AvgIpc) is 3.01. The number of hydrogen-bond donors (Lipinski definition) is 1. The van der Waals surface area contributed by atoms with Crippen molar-refractivity contribution in [3.63, 3.8) is 0 Å². The van der Waals surface area contributed by atoms with Gasteiger partial charge >= 0.3 is 0 Å². The highest BCUT2D eigenvalue weighted by molar-refractivity contribution is 7.84. The predicted octanol–water partition coefficient (Wildman–Crippen LogP) is 3.01. The summed E-state index contributed by atoms with van der Waals surface area (Å²) < 4.78 is 23.3. The Kier molecular flexibility index (Phi) is 6.07. The van der Waals surface area contributed by atoms with E-state index in [4.69, 9.17) is 9.47 Å². The molecule has 3 aromatic rings. The van der Waals surface area contributed by atoms with Gasteiger partial charge in [0.05, 0.1) is 47.5 Å². The SMILES string of the molecule is COc1ccc2nc(S(=O)Cc3ncc(C)c(OC)c3C)[nH]c2c1.S. The number of pyridine rings is 1. The number of fused-ring (bicyclic) bond motifs is 1. The van der Waals surface area contributed by atoms with Crippen molar-refractivity contribution in [3.8, 4) is 11.5 Å². The molecule has 0 saturated heterocycles. The summed E-state index contributed by atoms with van der Waals surface area (Å²) in [5.41, 5.74) is 4.16. The van der Waals surface area contributed by atoms with Crippen LogP contribution in [-0.4, -0.2) is 33.4 Å². The molecular weight excluding hydrogens is 358 g/mol. The number of ether oxygens (including phenoxy) is 2. The Balaban J connectivity index is 0.00000225. The van der Waals surface area contributed by atoms with Crippen molar-refractivity contribution >= 4 is 35.3 Å². The van der Waals surface area contributed by atoms with E-state index < -0.39 is 10.8 Å². The molecule has 3 rings (SSSR count). The van der Waals surface area contributed by atoms with Crippen LogP contribution in [0.25, 0.3) is 11.0 Å². The average molecular weight is 380 g/mol. The largest absolute Gasteiger partial charge is 0.497 e. The van der Waals surface area contributed by atoms with Crippen LogP contribution in [0.1, 0.15) is 16.8 Å². The predicted molar refractivity (Wildman–Crippen MR) is 103 cm³/mol. The molecule has 0 spiro atoms. The van der Waals surface area contributed by atoms with Gasteiger partial charge in [0.15, 0.2) is 5.16 Å². The highest BCUT2D eigenvalue weighted by Crippen LogP contribution is 2.26. The number of aromatic amines is 1. The van der Waals surface area contributed by atoms with Crippen LogP contribution < -0.4 is 9.47 Å². The first-order chi connectivity index (χ1) is 11.5. The highest BCUT2D eigenvalue weighted by atomic mass is 32.2. The zero-order valence-corrected chi connectivity index (χ0v) is 16.4. The van der Waals surface area contributed by atoms with E-state index in [9.17, 15) is 4.21 Å². The first kappa shape index (κ1) is 19.3. The Labute approximate surface area is 155 Å². The van der Waals surface area contributed by atoms with E-state index in [1.165, 1.54) is 0 Å². The molecule has 0 aliphatic rings. The zero-order chi connectivity index (χ0) is 17.3. The molecule has 0 bridgehead atoms. The lowest BCUT2D eigenvalue weighted by atomic mass is 10.1. The summed E-state index contributed by atoms with van der Waals surface area (Å²) in [4.78, 5) is 11.9. The fourth-order valence-electron chi connectivity index (χ4n) is 2.61. The third-order valence-corrected chi connectivity index (χ3v) is 5.06. The minimum absolute atomic E-state index is 0. The summed E-state index contributed by atoms with van der Waals surface area (Å²) in [5.74, 6) is 1.79. The lowest BCUT2D eigenvalue weighted by Crippen LogP contribution is -2.05. The number of benzene rings is 1. The highest BCUT2D eigenvalue weighted by Gasteiger charge is 2.16.